The van der Waals surface area contributed by atoms with Crippen molar-refractivity contribution in [2.24, 2.45) is 0 Å². The number of nitrogens with two attached hydrogens (primary N) is 1. The van der Waals surface area contributed by atoms with Gasteiger partial charge in [-0.25, -0.2) is 4.98 Å². The lowest BCUT2D eigenvalue weighted by Gasteiger charge is -2.09. The number of rotatable bonds is 4. The zero-order chi connectivity index (χ0) is 19.8. The molecular formula is C21H17N7O. The smallest absolute Gasteiger partial charge is 0.253 e. The number of H-pyrrole nitrogens is 2. The molecule has 5 N–H and O–H groups in total. The number of amides is 1. The molecule has 4 heterocycles. The predicted octanol–water partition coefficient (Wildman–Crippen LogP) is 3.01. The van der Waals surface area contributed by atoms with Gasteiger partial charge in [0.05, 0.1) is 29.0 Å². The zero-order valence-corrected chi connectivity index (χ0v) is 15.3. The van der Waals surface area contributed by atoms with Crippen molar-refractivity contribution >= 4 is 33.5 Å². The van der Waals surface area contributed by atoms with Gasteiger partial charge in [0.25, 0.3) is 5.91 Å². The normalized spacial score (nSPS) is 11.2. The molecule has 5 aromatic rings. The summed E-state index contributed by atoms with van der Waals surface area (Å²) in [6.07, 6.45) is 8.73. The highest BCUT2D eigenvalue weighted by Gasteiger charge is 2.16. The largest absolute Gasteiger partial charge is 0.384 e. The van der Waals surface area contributed by atoms with Crippen LogP contribution in [0, 0.1) is 0 Å². The lowest BCUT2D eigenvalue weighted by molar-refractivity contribution is 0.0952. The SMILES string of the molecule is Nc1cc2c(-c3cc(C(=O)NCc4cccnc4)c4[nH]ncc4c3)c[nH]c2cn1. The van der Waals surface area contributed by atoms with E-state index in [1.54, 1.807) is 24.8 Å². The van der Waals surface area contributed by atoms with Gasteiger partial charge < -0.3 is 16.0 Å². The number of nitrogen functional groups attached to an aromatic ring is 1. The molecule has 8 heteroatoms. The fourth-order valence-electron chi connectivity index (χ4n) is 3.45. The van der Waals surface area contributed by atoms with Crippen LogP contribution in [0.2, 0.25) is 0 Å². The molecular weight excluding hydrogens is 366 g/mol. The summed E-state index contributed by atoms with van der Waals surface area (Å²) in [5.41, 5.74) is 10.7. The predicted molar refractivity (Wildman–Crippen MR) is 111 cm³/mol. The number of hydrogen-bond donors (Lipinski definition) is 4. The number of benzene rings is 1. The van der Waals surface area contributed by atoms with Crippen LogP contribution in [-0.4, -0.2) is 31.1 Å². The molecule has 8 nitrogen and oxygen atoms in total. The van der Waals surface area contributed by atoms with Crippen molar-refractivity contribution in [1.82, 2.24) is 30.5 Å². The number of nitrogens with zero attached hydrogens (tertiary/aromatic N) is 3. The second-order valence-electron chi connectivity index (χ2n) is 6.76. The van der Waals surface area contributed by atoms with Crippen LogP contribution in [0.25, 0.3) is 32.9 Å². The Kier molecular flexibility index (Phi) is 3.94. The standard InChI is InChI=1S/C21H17N7O/c22-19-6-15-17(10-24-18(15)11-25-19)13-4-14-9-27-28-20(14)16(5-13)21(29)26-8-12-2-1-3-23-7-12/h1-7,9-11,24H,8H2,(H2,22,25)(H,26,29)(H,27,28). The number of anilines is 1. The van der Waals surface area contributed by atoms with Gasteiger partial charge in [0.1, 0.15) is 5.82 Å². The Morgan fingerprint density at radius 3 is 2.97 bits per heavy atom. The van der Waals surface area contributed by atoms with Gasteiger partial charge in [-0.05, 0) is 35.4 Å². The van der Waals surface area contributed by atoms with Gasteiger partial charge in [-0.1, -0.05) is 6.07 Å². The molecule has 4 aromatic heterocycles. The molecule has 0 spiro atoms. The average molecular weight is 383 g/mol. The molecule has 0 saturated heterocycles. The molecule has 0 aliphatic carbocycles. The van der Waals surface area contributed by atoms with Gasteiger partial charge in [0, 0.05) is 41.5 Å². The Morgan fingerprint density at radius 2 is 2.10 bits per heavy atom. The van der Waals surface area contributed by atoms with Crippen LogP contribution in [0.4, 0.5) is 5.82 Å². The number of aromatic amines is 2. The van der Waals surface area contributed by atoms with Crippen molar-refractivity contribution in [1.29, 1.82) is 0 Å². The van der Waals surface area contributed by atoms with Crippen LogP contribution in [0.1, 0.15) is 15.9 Å². The molecule has 0 bridgehead atoms. The summed E-state index contributed by atoms with van der Waals surface area (Å²) in [6.45, 7) is 0.391. The van der Waals surface area contributed by atoms with E-state index in [1.807, 2.05) is 36.5 Å². The maximum atomic E-state index is 13.0. The van der Waals surface area contributed by atoms with Gasteiger partial charge in [-0.3, -0.25) is 14.9 Å². The molecule has 5 rings (SSSR count). The first-order chi connectivity index (χ1) is 14.2. The average Bonchev–Trinajstić information content (AvgIpc) is 3.38. The van der Waals surface area contributed by atoms with E-state index in [4.69, 9.17) is 5.73 Å². The van der Waals surface area contributed by atoms with E-state index in [2.05, 4.69) is 30.5 Å². The van der Waals surface area contributed by atoms with Crippen LogP contribution in [0.3, 0.4) is 0 Å². The minimum Gasteiger partial charge on any atom is -0.384 e. The number of aromatic nitrogens is 5. The highest BCUT2D eigenvalue weighted by molar-refractivity contribution is 6.08. The van der Waals surface area contributed by atoms with Crippen molar-refractivity contribution in [3.63, 3.8) is 0 Å². The summed E-state index contributed by atoms with van der Waals surface area (Å²) in [4.78, 5) is 24.3. The van der Waals surface area contributed by atoms with Crippen molar-refractivity contribution in [3.8, 4) is 11.1 Å². The fourth-order valence-corrected chi connectivity index (χ4v) is 3.45. The molecule has 1 amide bonds. The lowest BCUT2D eigenvalue weighted by atomic mass is 10.00. The quantitative estimate of drug-likeness (QED) is 0.380. The molecule has 0 saturated carbocycles. The van der Waals surface area contributed by atoms with E-state index < -0.39 is 0 Å². The Hall–Kier alpha value is -4.20. The summed E-state index contributed by atoms with van der Waals surface area (Å²) < 4.78 is 0. The monoisotopic (exact) mass is 383 g/mol. The van der Waals surface area contributed by atoms with Crippen LogP contribution < -0.4 is 11.1 Å². The zero-order valence-electron chi connectivity index (χ0n) is 15.3. The lowest BCUT2D eigenvalue weighted by Crippen LogP contribution is -2.23. The highest BCUT2D eigenvalue weighted by Crippen LogP contribution is 2.32. The molecule has 0 fully saturated rings. The molecule has 0 radical (unpaired) electrons. The van der Waals surface area contributed by atoms with E-state index in [9.17, 15) is 4.79 Å². The third-order valence-electron chi connectivity index (χ3n) is 4.87. The minimum absolute atomic E-state index is 0.189. The maximum Gasteiger partial charge on any atom is 0.253 e. The van der Waals surface area contributed by atoms with Gasteiger partial charge >= 0.3 is 0 Å². The Balaban J connectivity index is 1.56. The van der Waals surface area contributed by atoms with E-state index in [-0.39, 0.29) is 5.91 Å². The number of pyridine rings is 2. The molecule has 1 aromatic carbocycles. The molecule has 0 aliphatic heterocycles. The first-order valence-corrected chi connectivity index (χ1v) is 9.06. The molecule has 0 atom stereocenters. The van der Waals surface area contributed by atoms with Crippen molar-refractivity contribution in [2.75, 3.05) is 5.73 Å². The summed E-state index contributed by atoms with van der Waals surface area (Å²) in [5.74, 6) is 0.253. The third kappa shape index (κ3) is 3.06. The minimum atomic E-state index is -0.189. The van der Waals surface area contributed by atoms with Gasteiger partial charge in [-0.2, -0.15) is 5.10 Å². The summed E-state index contributed by atoms with van der Waals surface area (Å²) in [7, 11) is 0. The van der Waals surface area contributed by atoms with Gasteiger partial charge in [-0.15, -0.1) is 0 Å². The number of carbonyl (C=O) groups is 1. The fraction of sp³-hybridized carbons (Fsp3) is 0.0476. The second kappa shape index (κ2) is 6.75. The maximum absolute atomic E-state index is 13.0. The number of nitrogens with one attached hydrogen (secondary N) is 3. The van der Waals surface area contributed by atoms with E-state index in [0.717, 1.165) is 33.0 Å². The Morgan fingerprint density at radius 1 is 1.17 bits per heavy atom. The van der Waals surface area contributed by atoms with Crippen molar-refractivity contribution in [2.45, 2.75) is 6.54 Å². The topological polar surface area (TPSA) is 125 Å². The van der Waals surface area contributed by atoms with Crippen LogP contribution in [-0.2, 0) is 6.54 Å². The van der Waals surface area contributed by atoms with E-state index in [1.165, 1.54) is 0 Å². The van der Waals surface area contributed by atoms with Gasteiger partial charge in [0.2, 0.25) is 0 Å². The Bertz CT molecular complexity index is 1340. The van der Waals surface area contributed by atoms with Crippen LogP contribution in [0.15, 0.2) is 61.3 Å². The molecule has 142 valence electrons. The molecule has 0 aliphatic rings. The summed E-state index contributed by atoms with van der Waals surface area (Å²) in [6, 6.07) is 9.43. The second-order valence-corrected chi connectivity index (χ2v) is 6.76. The number of carbonyl (C=O) groups excluding carboxylic acids is 1. The van der Waals surface area contributed by atoms with Gasteiger partial charge in [0.15, 0.2) is 0 Å². The number of hydrogen-bond acceptors (Lipinski definition) is 5. The Labute approximate surface area is 165 Å². The van der Waals surface area contributed by atoms with Crippen molar-refractivity contribution < 1.29 is 4.79 Å². The summed E-state index contributed by atoms with van der Waals surface area (Å²) >= 11 is 0. The van der Waals surface area contributed by atoms with Crippen molar-refractivity contribution in [3.05, 3.63) is 72.4 Å². The third-order valence-corrected chi connectivity index (χ3v) is 4.87. The van der Waals surface area contributed by atoms with Crippen LogP contribution in [0.5, 0.6) is 0 Å². The number of fused-ring (bicyclic) bond motifs is 2. The first-order valence-electron chi connectivity index (χ1n) is 9.06. The van der Waals surface area contributed by atoms with Crippen LogP contribution >= 0.6 is 0 Å². The van der Waals surface area contributed by atoms with E-state index >= 15 is 0 Å². The summed E-state index contributed by atoms with van der Waals surface area (Å²) in [5, 5.41) is 11.8. The van der Waals surface area contributed by atoms with E-state index in [0.29, 0.717) is 23.4 Å². The first kappa shape index (κ1) is 16.9. The highest BCUT2D eigenvalue weighted by atomic mass is 16.1. The molecule has 0 unspecified atom stereocenters. The molecule has 29 heavy (non-hydrogen) atoms.